The molecule has 0 saturated heterocycles. The molecule has 0 aliphatic rings. The molecule has 3 heteroatoms. The Labute approximate surface area is 78.0 Å². The summed E-state index contributed by atoms with van der Waals surface area (Å²) < 4.78 is 0. The van der Waals surface area contributed by atoms with Crippen LogP contribution in [0.25, 0.3) is 0 Å². The molecule has 2 N–H and O–H groups in total. The van der Waals surface area contributed by atoms with E-state index in [1.165, 1.54) is 4.88 Å². The molecule has 0 aliphatic heterocycles. The Bertz CT molecular complexity index is 242. The average Bonchev–Trinajstić information content (AvgIpc) is 2.35. The second kappa shape index (κ2) is 3.92. The molecular weight excluding hydrogens is 168 g/mol. The Hall–Kier alpha value is -0.540. The van der Waals surface area contributed by atoms with E-state index in [9.17, 15) is 0 Å². The van der Waals surface area contributed by atoms with Gasteiger partial charge in [0, 0.05) is 10.9 Å². The number of rotatable bonds is 3. The van der Waals surface area contributed by atoms with Gasteiger partial charge in [0.15, 0.2) is 0 Å². The summed E-state index contributed by atoms with van der Waals surface area (Å²) in [4.78, 5) is 3.59. The van der Waals surface area contributed by atoms with Crippen LogP contribution in [-0.4, -0.2) is 25.0 Å². The van der Waals surface area contributed by atoms with Gasteiger partial charge in [0.1, 0.15) is 0 Å². The number of anilines is 1. The van der Waals surface area contributed by atoms with E-state index in [0.717, 1.165) is 11.4 Å². The fourth-order valence-electron chi connectivity index (χ4n) is 0.978. The van der Waals surface area contributed by atoms with Crippen LogP contribution in [0.15, 0.2) is 12.1 Å². The van der Waals surface area contributed by atoms with Crippen LogP contribution in [0.3, 0.4) is 0 Å². The predicted molar refractivity (Wildman–Crippen MR) is 55.6 cm³/mol. The van der Waals surface area contributed by atoms with Crippen LogP contribution in [0.5, 0.6) is 0 Å². The molecule has 0 amide bonds. The number of likely N-dealkylation sites (N-methyl/N-ethyl adjacent to an activating group) is 1. The predicted octanol–water partition coefficient (Wildman–Crippen LogP) is 1.82. The van der Waals surface area contributed by atoms with E-state index >= 15 is 0 Å². The first-order valence-corrected chi connectivity index (χ1v) is 4.92. The number of nitrogens with zero attached hydrogens (tertiary/aromatic N) is 1. The van der Waals surface area contributed by atoms with Crippen molar-refractivity contribution in [1.29, 1.82) is 0 Å². The van der Waals surface area contributed by atoms with Crippen LogP contribution in [0.1, 0.15) is 11.8 Å². The third-order valence-corrected chi connectivity index (χ3v) is 3.00. The molecule has 0 bridgehead atoms. The summed E-state index contributed by atoms with van der Waals surface area (Å²) in [6.07, 6.45) is 1.09. The van der Waals surface area contributed by atoms with Crippen molar-refractivity contribution in [2.45, 2.75) is 19.4 Å². The topological polar surface area (TPSA) is 29.3 Å². The number of nitrogens with two attached hydrogens (primary N) is 1. The van der Waals surface area contributed by atoms with Crippen molar-refractivity contribution >= 4 is 16.3 Å². The molecule has 0 aromatic carbocycles. The van der Waals surface area contributed by atoms with Crippen LogP contribution in [0.4, 0.5) is 5.00 Å². The molecular formula is C9H16N2S. The molecule has 1 aromatic rings. The first kappa shape index (κ1) is 9.55. The Kier molecular flexibility index (Phi) is 3.12. The molecule has 12 heavy (non-hydrogen) atoms. The lowest BCUT2D eigenvalue weighted by atomic mass is 10.2. The molecule has 2 nitrogen and oxygen atoms in total. The highest BCUT2D eigenvalue weighted by atomic mass is 32.1. The molecule has 1 unspecified atom stereocenters. The summed E-state index contributed by atoms with van der Waals surface area (Å²) in [7, 11) is 4.20. The lowest BCUT2D eigenvalue weighted by Crippen LogP contribution is -2.26. The minimum Gasteiger partial charge on any atom is -0.391 e. The molecule has 0 fully saturated rings. The third kappa shape index (κ3) is 2.50. The fourth-order valence-corrected chi connectivity index (χ4v) is 1.88. The maximum Gasteiger partial charge on any atom is 0.0859 e. The summed E-state index contributed by atoms with van der Waals surface area (Å²) in [6, 6.07) is 4.67. The van der Waals surface area contributed by atoms with Crippen LogP contribution in [0.2, 0.25) is 0 Å². The van der Waals surface area contributed by atoms with E-state index in [1.54, 1.807) is 11.3 Å². The second-order valence-corrected chi connectivity index (χ2v) is 4.52. The highest BCUT2D eigenvalue weighted by Crippen LogP contribution is 2.20. The molecule has 0 radical (unpaired) electrons. The lowest BCUT2D eigenvalue weighted by molar-refractivity contribution is 0.313. The van der Waals surface area contributed by atoms with Crippen LogP contribution >= 0.6 is 11.3 Å². The molecule has 1 heterocycles. The summed E-state index contributed by atoms with van der Waals surface area (Å²) in [5.41, 5.74) is 5.64. The zero-order valence-corrected chi connectivity index (χ0v) is 8.69. The summed E-state index contributed by atoms with van der Waals surface area (Å²) in [5, 5.41) is 0.913. The minimum absolute atomic E-state index is 0.586. The smallest absolute Gasteiger partial charge is 0.0859 e. The lowest BCUT2D eigenvalue weighted by Gasteiger charge is -2.18. The van der Waals surface area contributed by atoms with Gasteiger partial charge >= 0.3 is 0 Å². The summed E-state index contributed by atoms with van der Waals surface area (Å²) in [5.74, 6) is 0. The van der Waals surface area contributed by atoms with Crippen LogP contribution in [0, 0.1) is 0 Å². The largest absolute Gasteiger partial charge is 0.391 e. The first-order valence-electron chi connectivity index (χ1n) is 4.10. The van der Waals surface area contributed by atoms with Crippen molar-refractivity contribution < 1.29 is 0 Å². The maximum atomic E-state index is 5.64. The van der Waals surface area contributed by atoms with Gasteiger partial charge in [-0.15, -0.1) is 11.3 Å². The maximum absolute atomic E-state index is 5.64. The van der Waals surface area contributed by atoms with Gasteiger partial charge in [-0.3, -0.25) is 0 Å². The van der Waals surface area contributed by atoms with Crippen molar-refractivity contribution in [3.05, 3.63) is 17.0 Å². The van der Waals surface area contributed by atoms with E-state index in [1.807, 2.05) is 6.07 Å². The van der Waals surface area contributed by atoms with Gasteiger partial charge in [0.25, 0.3) is 0 Å². The second-order valence-electron chi connectivity index (χ2n) is 3.32. The molecule has 1 atom stereocenters. The van der Waals surface area contributed by atoms with Crippen molar-refractivity contribution in [2.24, 2.45) is 0 Å². The molecule has 1 rings (SSSR count). The Balaban J connectivity index is 2.52. The van der Waals surface area contributed by atoms with Gasteiger partial charge in [0.05, 0.1) is 5.00 Å². The van der Waals surface area contributed by atoms with Crippen molar-refractivity contribution in [3.63, 3.8) is 0 Å². The van der Waals surface area contributed by atoms with Gasteiger partial charge in [-0.25, -0.2) is 0 Å². The normalized spacial score (nSPS) is 13.7. The number of hydrogen-bond donors (Lipinski definition) is 1. The summed E-state index contributed by atoms with van der Waals surface area (Å²) in [6.45, 7) is 2.22. The fraction of sp³-hybridized carbons (Fsp3) is 0.556. The quantitative estimate of drug-likeness (QED) is 0.776. The number of hydrogen-bond acceptors (Lipinski definition) is 3. The van der Waals surface area contributed by atoms with Gasteiger partial charge in [-0.1, -0.05) is 0 Å². The minimum atomic E-state index is 0.586. The molecule has 0 spiro atoms. The SMILES string of the molecule is CC(Cc1ccc(N)s1)N(C)C. The van der Waals surface area contributed by atoms with Gasteiger partial charge in [0.2, 0.25) is 0 Å². The Morgan fingerprint density at radius 2 is 2.17 bits per heavy atom. The number of thiophene rings is 1. The Morgan fingerprint density at radius 3 is 2.58 bits per heavy atom. The highest BCUT2D eigenvalue weighted by Gasteiger charge is 2.06. The van der Waals surface area contributed by atoms with Gasteiger partial charge < -0.3 is 10.6 Å². The Morgan fingerprint density at radius 1 is 1.50 bits per heavy atom. The molecule has 1 aromatic heterocycles. The number of nitrogen functional groups attached to an aromatic ring is 1. The van der Waals surface area contributed by atoms with E-state index < -0.39 is 0 Å². The van der Waals surface area contributed by atoms with Crippen LogP contribution < -0.4 is 5.73 Å². The van der Waals surface area contributed by atoms with Crippen LogP contribution in [-0.2, 0) is 6.42 Å². The van der Waals surface area contributed by atoms with Crippen molar-refractivity contribution in [3.8, 4) is 0 Å². The first-order chi connectivity index (χ1) is 5.59. The molecule has 68 valence electrons. The van der Waals surface area contributed by atoms with Crippen molar-refractivity contribution in [2.75, 3.05) is 19.8 Å². The zero-order chi connectivity index (χ0) is 9.14. The summed E-state index contributed by atoms with van der Waals surface area (Å²) >= 11 is 1.68. The van der Waals surface area contributed by atoms with E-state index in [4.69, 9.17) is 5.73 Å². The standard InChI is InChI=1S/C9H16N2S/c1-7(11(2)3)6-8-4-5-9(10)12-8/h4-5,7H,6,10H2,1-3H3. The average molecular weight is 184 g/mol. The third-order valence-electron chi connectivity index (χ3n) is 2.06. The van der Waals surface area contributed by atoms with E-state index in [-0.39, 0.29) is 0 Å². The van der Waals surface area contributed by atoms with E-state index in [0.29, 0.717) is 6.04 Å². The highest BCUT2D eigenvalue weighted by molar-refractivity contribution is 7.15. The van der Waals surface area contributed by atoms with Gasteiger partial charge in [-0.05, 0) is 39.6 Å². The molecule has 0 aliphatic carbocycles. The van der Waals surface area contributed by atoms with E-state index in [2.05, 4.69) is 32.0 Å². The van der Waals surface area contributed by atoms with Gasteiger partial charge in [-0.2, -0.15) is 0 Å². The monoisotopic (exact) mass is 184 g/mol. The molecule has 0 saturated carbocycles. The zero-order valence-electron chi connectivity index (χ0n) is 7.87. The van der Waals surface area contributed by atoms with Crippen molar-refractivity contribution in [1.82, 2.24) is 4.90 Å².